The average molecular weight is 278 g/mol. The molecule has 3 rings (SSSR count). The third-order valence-corrected chi connectivity index (χ3v) is 4.03. The Bertz CT molecular complexity index is 698. The number of fused-ring (bicyclic) bond motifs is 1. The molecule has 1 aromatic heterocycles. The number of aromatic nitrogens is 1. The average Bonchev–Trinajstić information content (AvgIpc) is 2.87. The first-order valence-electron chi connectivity index (χ1n) is 7.71. The summed E-state index contributed by atoms with van der Waals surface area (Å²) < 4.78 is 0. The Balaban J connectivity index is 1.77. The third kappa shape index (κ3) is 3.17. The van der Waals surface area contributed by atoms with Gasteiger partial charge in [0.25, 0.3) is 0 Å². The molecule has 0 aliphatic rings. The maximum absolute atomic E-state index is 5.75. The number of nitrogens with two attached hydrogens (primary N) is 1. The number of aromatic amines is 1. The number of rotatable bonds is 6. The molecule has 0 saturated heterocycles. The Morgan fingerprint density at radius 3 is 2.38 bits per heavy atom. The number of benzene rings is 2. The number of aryl methyl sites for hydroxylation is 2. The molecular formula is C19H22N2. The maximum Gasteiger partial charge on any atom is 0.0458 e. The highest BCUT2D eigenvalue weighted by Gasteiger charge is 2.10. The lowest BCUT2D eigenvalue weighted by atomic mass is 10.0. The lowest BCUT2D eigenvalue weighted by Gasteiger charge is -2.05. The van der Waals surface area contributed by atoms with Crippen LogP contribution >= 0.6 is 0 Å². The SMILES string of the molecule is NCCc1[nH]c2ccccc2c1CCCc1ccccc1. The van der Waals surface area contributed by atoms with Crippen molar-refractivity contribution in [1.82, 2.24) is 4.98 Å². The van der Waals surface area contributed by atoms with E-state index in [1.54, 1.807) is 0 Å². The first kappa shape index (κ1) is 13.9. The minimum Gasteiger partial charge on any atom is -0.358 e. The zero-order valence-electron chi connectivity index (χ0n) is 12.3. The van der Waals surface area contributed by atoms with Crippen molar-refractivity contribution in [2.75, 3.05) is 6.54 Å². The van der Waals surface area contributed by atoms with Crippen molar-refractivity contribution in [3.63, 3.8) is 0 Å². The molecule has 0 aliphatic heterocycles. The number of para-hydroxylation sites is 1. The van der Waals surface area contributed by atoms with Crippen LogP contribution in [0.2, 0.25) is 0 Å². The number of hydrogen-bond acceptors (Lipinski definition) is 1. The second-order valence-electron chi connectivity index (χ2n) is 5.51. The minimum atomic E-state index is 0.693. The van der Waals surface area contributed by atoms with Gasteiger partial charge in [-0.15, -0.1) is 0 Å². The summed E-state index contributed by atoms with van der Waals surface area (Å²) in [4.78, 5) is 3.53. The summed E-state index contributed by atoms with van der Waals surface area (Å²) in [7, 11) is 0. The van der Waals surface area contributed by atoms with E-state index < -0.39 is 0 Å². The Morgan fingerprint density at radius 1 is 0.810 bits per heavy atom. The zero-order chi connectivity index (χ0) is 14.5. The summed E-state index contributed by atoms with van der Waals surface area (Å²) in [5.41, 5.74) is 11.2. The molecule has 0 atom stereocenters. The largest absolute Gasteiger partial charge is 0.358 e. The second-order valence-corrected chi connectivity index (χ2v) is 5.51. The van der Waals surface area contributed by atoms with Gasteiger partial charge in [0.2, 0.25) is 0 Å². The van der Waals surface area contributed by atoms with E-state index in [2.05, 4.69) is 59.6 Å². The highest BCUT2D eigenvalue weighted by atomic mass is 14.7. The van der Waals surface area contributed by atoms with Gasteiger partial charge < -0.3 is 10.7 Å². The van der Waals surface area contributed by atoms with Crippen molar-refractivity contribution in [2.24, 2.45) is 5.73 Å². The molecule has 2 aromatic carbocycles. The fourth-order valence-electron chi connectivity index (χ4n) is 3.01. The van der Waals surface area contributed by atoms with Crippen molar-refractivity contribution in [1.29, 1.82) is 0 Å². The van der Waals surface area contributed by atoms with Crippen LogP contribution in [0.4, 0.5) is 0 Å². The molecule has 2 nitrogen and oxygen atoms in total. The second kappa shape index (κ2) is 6.59. The molecule has 0 aliphatic carbocycles. The van der Waals surface area contributed by atoms with Crippen LogP contribution in [-0.4, -0.2) is 11.5 Å². The highest BCUT2D eigenvalue weighted by molar-refractivity contribution is 5.84. The summed E-state index contributed by atoms with van der Waals surface area (Å²) in [5, 5.41) is 1.36. The summed E-state index contributed by atoms with van der Waals surface area (Å²) in [6.07, 6.45) is 4.33. The predicted molar refractivity (Wildman–Crippen MR) is 89.5 cm³/mol. The van der Waals surface area contributed by atoms with Gasteiger partial charge in [-0.25, -0.2) is 0 Å². The van der Waals surface area contributed by atoms with E-state index in [9.17, 15) is 0 Å². The van der Waals surface area contributed by atoms with Crippen LogP contribution in [0.1, 0.15) is 23.2 Å². The summed E-state index contributed by atoms with van der Waals surface area (Å²) in [6.45, 7) is 0.693. The smallest absolute Gasteiger partial charge is 0.0458 e. The molecule has 0 amide bonds. The van der Waals surface area contributed by atoms with Crippen LogP contribution in [-0.2, 0) is 19.3 Å². The molecule has 0 unspecified atom stereocenters. The van der Waals surface area contributed by atoms with E-state index in [0.29, 0.717) is 6.54 Å². The monoisotopic (exact) mass is 278 g/mol. The Morgan fingerprint density at radius 2 is 1.57 bits per heavy atom. The molecule has 1 heterocycles. The summed E-state index contributed by atoms with van der Waals surface area (Å²) in [6, 6.07) is 19.3. The Kier molecular flexibility index (Phi) is 4.37. The van der Waals surface area contributed by atoms with Gasteiger partial charge in [0.15, 0.2) is 0 Å². The van der Waals surface area contributed by atoms with Gasteiger partial charge in [0.05, 0.1) is 0 Å². The number of H-pyrrole nitrogens is 1. The van der Waals surface area contributed by atoms with Crippen LogP contribution in [0.15, 0.2) is 54.6 Å². The van der Waals surface area contributed by atoms with Gasteiger partial charge in [0, 0.05) is 23.0 Å². The molecule has 0 saturated carbocycles. The van der Waals surface area contributed by atoms with Gasteiger partial charge in [-0.2, -0.15) is 0 Å². The molecule has 3 aromatic rings. The lowest BCUT2D eigenvalue weighted by molar-refractivity contribution is 0.807. The van der Waals surface area contributed by atoms with E-state index in [-0.39, 0.29) is 0 Å². The molecule has 108 valence electrons. The molecule has 3 N–H and O–H groups in total. The van der Waals surface area contributed by atoms with E-state index in [1.807, 2.05) is 0 Å². The highest BCUT2D eigenvalue weighted by Crippen LogP contribution is 2.24. The Labute approximate surface area is 126 Å². The van der Waals surface area contributed by atoms with E-state index in [1.165, 1.54) is 34.1 Å². The quantitative estimate of drug-likeness (QED) is 0.706. The van der Waals surface area contributed by atoms with Crippen molar-refractivity contribution in [3.05, 3.63) is 71.4 Å². The number of nitrogens with one attached hydrogen (secondary N) is 1. The zero-order valence-corrected chi connectivity index (χ0v) is 12.3. The Hall–Kier alpha value is -2.06. The predicted octanol–water partition coefficient (Wildman–Crippen LogP) is 3.84. The first-order chi connectivity index (χ1) is 10.4. The maximum atomic E-state index is 5.75. The molecule has 0 radical (unpaired) electrons. The number of hydrogen-bond donors (Lipinski definition) is 2. The third-order valence-electron chi connectivity index (χ3n) is 4.03. The van der Waals surface area contributed by atoms with Gasteiger partial charge in [-0.3, -0.25) is 0 Å². The standard InChI is InChI=1S/C19H22N2/c20-14-13-19-17(16-10-4-5-12-18(16)21-19)11-6-9-15-7-2-1-3-8-15/h1-5,7-8,10,12,21H,6,9,11,13-14,20H2. The van der Waals surface area contributed by atoms with Crippen molar-refractivity contribution in [3.8, 4) is 0 Å². The molecule has 0 fully saturated rings. The van der Waals surface area contributed by atoms with Crippen LogP contribution in [0.3, 0.4) is 0 Å². The minimum absolute atomic E-state index is 0.693. The molecule has 2 heteroatoms. The van der Waals surface area contributed by atoms with Crippen molar-refractivity contribution >= 4 is 10.9 Å². The van der Waals surface area contributed by atoms with E-state index in [0.717, 1.165) is 19.3 Å². The fourth-order valence-corrected chi connectivity index (χ4v) is 3.01. The molecule has 0 spiro atoms. The van der Waals surface area contributed by atoms with Crippen molar-refractivity contribution < 1.29 is 0 Å². The molecular weight excluding hydrogens is 256 g/mol. The van der Waals surface area contributed by atoms with Gasteiger partial charge in [-0.1, -0.05) is 48.5 Å². The summed E-state index contributed by atoms with van der Waals surface area (Å²) in [5.74, 6) is 0. The molecule has 21 heavy (non-hydrogen) atoms. The molecule has 0 bridgehead atoms. The topological polar surface area (TPSA) is 41.8 Å². The van der Waals surface area contributed by atoms with Crippen LogP contribution < -0.4 is 5.73 Å². The van der Waals surface area contributed by atoms with Crippen molar-refractivity contribution in [2.45, 2.75) is 25.7 Å². The van der Waals surface area contributed by atoms with Crippen LogP contribution in [0.5, 0.6) is 0 Å². The van der Waals surface area contributed by atoms with E-state index in [4.69, 9.17) is 5.73 Å². The fraction of sp³-hybridized carbons (Fsp3) is 0.263. The van der Waals surface area contributed by atoms with Crippen LogP contribution in [0.25, 0.3) is 10.9 Å². The summed E-state index contributed by atoms with van der Waals surface area (Å²) >= 11 is 0. The van der Waals surface area contributed by atoms with Gasteiger partial charge in [0.1, 0.15) is 0 Å². The first-order valence-corrected chi connectivity index (χ1v) is 7.71. The van der Waals surface area contributed by atoms with Crippen LogP contribution in [0, 0.1) is 0 Å². The normalized spacial score (nSPS) is 11.1. The van der Waals surface area contributed by atoms with Gasteiger partial charge in [-0.05, 0) is 43.0 Å². The van der Waals surface area contributed by atoms with E-state index >= 15 is 0 Å². The van der Waals surface area contributed by atoms with Gasteiger partial charge >= 0.3 is 0 Å². The lowest BCUT2D eigenvalue weighted by Crippen LogP contribution is -2.05.